The molecule has 3 rings (SSSR count). The zero-order valence-electron chi connectivity index (χ0n) is 13.5. The second-order valence-corrected chi connectivity index (χ2v) is 6.98. The summed E-state index contributed by atoms with van der Waals surface area (Å²) in [4.78, 5) is 14.9. The van der Waals surface area contributed by atoms with E-state index in [9.17, 15) is 4.79 Å². The molecule has 2 unspecified atom stereocenters. The summed E-state index contributed by atoms with van der Waals surface area (Å²) in [6, 6.07) is 6.93. The molecular formula is C18H26N2O. The number of rotatable bonds is 3. The first-order valence-corrected chi connectivity index (χ1v) is 8.14. The Bertz CT molecular complexity index is 548. The molecule has 0 radical (unpaired) electrons. The number of amides is 1. The minimum absolute atomic E-state index is 0.0451. The zero-order chi connectivity index (χ0) is 15.1. The predicted octanol–water partition coefficient (Wildman–Crippen LogP) is 3.31. The molecule has 1 heterocycles. The first-order valence-electron chi connectivity index (χ1n) is 8.14. The van der Waals surface area contributed by atoms with E-state index in [2.05, 4.69) is 56.1 Å². The van der Waals surface area contributed by atoms with E-state index in [-0.39, 0.29) is 12.2 Å². The van der Waals surface area contributed by atoms with Crippen molar-refractivity contribution in [3.8, 4) is 0 Å². The number of carbonyl (C=O) groups is 1. The predicted molar refractivity (Wildman–Crippen MR) is 84.9 cm³/mol. The van der Waals surface area contributed by atoms with Gasteiger partial charge in [0.2, 0.25) is 5.91 Å². The van der Waals surface area contributed by atoms with Crippen LogP contribution in [-0.2, 0) is 4.79 Å². The van der Waals surface area contributed by atoms with Crippen molar-refractivity contribution < 1.29 is 4.79 Å². The molecule has 1 N–H and O–H groups in total. The lowest BCUT2D eigenvalue weighted by atomic mass is 9.90. The van der Waals surface area contributed by atoms with Gasteiger partial charge in [0.15, 0.2) is 0 Å². The minimum Gasteiger partial charge on any atom is -0.319 e. The monoisotopic (exact) mass is 286 g/mol. The fourth-order valence-corrected chi connectivity index (χ4v) is 3.51. The van der Waals surface area contributed by atoms with Crippen LogP contribution in [0.4, 0.5) is 0 Å². The van der Waals surface area contributed by atoms with Gasteiger partial charge in [-0.3, -0.25) is 10.1 Å². The van der Waals surface area contributed by atoms with Crippen molar-refractivity contribution >= 4 is 5.91 Å². The summed E-state index contributed by atoms with van der Waals surface area (Å²) < 4.78 is 0. The molecule has 3 nitrogen and oxygen atoms in total. The Balaban J connectivity index is 1.96. The fraction of sp³-hybridized carbons (Fsp3) is 0.611. The second-order valence-electron chi connectivity index (χ2n) is 6.98. The van der Waals surface area contributed by atoms with E-state index < -0.39 is 0 Å². The maximum atomic E-state index is 12.8. The van der Waals surface area contributed by atoms with E-state index >= 15 is 0 Å². The summed E-state index contributed by atoms with van der Waals surface area (Å²) in [5.41, 5.74) is 3.80. The Labute approximate surface area is 127 Å². The van der Waals surface area contributed by atoms with Crippen molar-refractivity contribution in [2.75, 3.05) is 0 Å². The van der Waals surface area contributed by atoms with Crippen LogP contribution in [0.1, 0.15) is 56.0 Å². The molecule has 0 aromatic heterocycles. The molecule has 2 atom stereocenters. The molecule has 1 amide bonds. The van der Waals surface area contributed by atoms with Crippen LogP contribution in [0.5, 0.6) is 0 Å². The lowest BCUT2D eigenvalue weighted by molar-refractivity contribution is -0.134. The molecule has 2 fully saturated rings. The van der Waals surface area contributed by atoms with Crippen LogP contribution in [0, 0.1) is 19.8 Å². The Morgan fingerprint density at radius 3 is 2.48 bits per heavy atom. The van der Waals surface area contributed by atoms with Gasteiger partial charge in [-0.1, -0.05) is 37.6 Å². The molecule has 0 bridgehead atoms. The van der Waals surface area contributed by atoms with Gasteiger partial charge in [0.25, 0.3) is 0 Å². The van der Waals surface area contributed by atoms with Crippen molar-refractivity contribution in [3.05, 3.63) is 34.9 Å². The molecule has 3 heteroatoms. The number of carbonyl (C=O) groups excluding carboxylic acids is 1. The summed E-state index contributed by atoms with van der Waals surface area (Å²) in [6.07, 6.45) is 3.61. The number of nitrogens with one attached hydrogen (secondary N) is 1. The highest BCUT2D eigenvalue weighted by Crippen LogP contribution is 2.37. The van der Waals surface area contributed by atoms with Gasteiger partial charge in [-0.05, 0) is 50.2 Å². The molecule has 1 aliphatic heterocycles. The van der Waals surface area contributed by atoms with Gasteiger partial charge in [0, 0.05) is 6.04 Å². The fourth-order valence-electron chi connectivity index (χ4n) is 3.51. The number of hydrogen-bond donors (Lipinski definition) is 1. The highest BCUT2D eigenvalue weighted by atomic mass is 16.2. The van der Waals surface area contributed by atoms with Gasteiger partial charge in [0.1, 0.15) is 6.17 Å². The van der Waals surface area contributed by atoms with E-state index in [0.717, 1.165) is 12.8 Å². The van der Waals surface area contributed by atoms with Gasteiger partial charge in [-0.2, -0.15) is 0 Å². The molecule has 21 heavy (non-hydrogen) atoms. The van der Waals surface area contributed by atoms with Gasteiger partial charge >= 0.3 is 0 Å². The number of nitrogens with zero attached hydrogens (tertiary/aromatic N) is 1. The van der Waals surface area contributed by atoms with E-state index in [1.807, 2.05) is 0 Å². The average Bonchev–Trinajstić information content (AvgIpc) is 2.66. The van der Waals surface area contributed by atoms with Gasteiger partial charge in [-0.15, -0.1) is 0 Å². The van der Waals surface area contributed by atoms with E-state index in [1.165, 1.54) is 23.1 Å². The quantitative estimate of drug-likeness (QED) is 0.924. The molecule has 1 aromatic carbocycles. The van der Waals surface area contributed by atoms with Crippen LogP contribution in [0.2, 0.25) is 0 Å². The smallest absolute Gasteiger partial charge is 0.241 e. The van der Waals surface area contributed by atoms with Gasteiger partial charge in [0.05, 0.1) is 6.04 Å². The summed E-state index contributed by atoms with van der Waals surface area (Å²) >= 11 is 0. The average molecular weight is 286 g/mol. The van der Waals surface area contributed by atoms with Crippen molar-refractivity contribution in [3.63, 3.8) is 0 Å². The molecule has 114 valence electrons. The summed E-state index contributed by atoms with van der Waals surface area (Å²) in [6.45, 7) is 8.51. The molecule has 1 aromatic rings. The lowest BCUT2D eigenvalue weighted by Crippen LogP contribution is -2.44. The number of aryl methyl sites for hydroxylation is 2. The molecule has 1 saturated carbocycles. The number of benzene rings is 1. The van der Waals surface area contributed by atoms with E-state index in [4.69, 9.17) is 0 Å². The van der Waals surface area contributed by atoms with Crippen LogP contribution < -0.4 is 5.32 Å². The maximum Gasteiger partial charge on any atom is 0.241 e. The van der Waals surface area contributed by atoms with Crippen LogP contribution in [0.15, 0.2) is 18.2 Å². The van der Waals surface area contributed by atoms with Crippen LogP contribution in [0.3, 0.4) is 0 Å². The first-order chi connectivity index (χ1) is 9.99. The molecule has 0 spiro atoms. The molecular weight excluding hydrogens is 260 g/mol. The van der Waals surface area contributed by atoms with Crippen LogP contribution in [-0.4, -0.2) is 22.9 Å². The number of hydrogen-bond acceptors (Lipinski definition) is 2. The van der Waals surface area contributed by atoms with Crippen LogP contribution in [0.25, 0.3) is 0 Å². The Morgan fingerprint density at radius 2 is 1.95 bits per heavy atom. The molecule has 1 saturated heterocycles. The third-order valence-corrected chi connectivity index (χ3v) is 4.99. The zero-order valence-corrected chi connectivity index (χ0v) is 13.5. The highest BCUT2D eigenvalue weighted by Gasteiger charge is 2.45. The SMILES string of the molecule is Cc1ccc(C2NC(C(C)C)C(=O)N2C2CCC2)c(C)c1. The Kier molecular flexibility index (Phi) is 3.78. The second kappa shape index (κ2) is 5.45. The summed E-state index contributed by atoms with van der Waals surface area (Å²) in [5, 5.41) is 3.59. The standard InChI is InChI=1S/C18H26N2O/c1-11(2)16-18(21)20(14-6-5-7-14)17(19-16)15-9-8-12(3)10-13(15)4/h8-11,14,16-17,19H,5-7H2,1-4H3. The van der Waals surface area contributed by atoms with E-state index in [1.54, 1.807) is 0 Å². The maximum absolute atomic E-state index is 12.8. The first kappa shape index (κ1) is 14.6. The minimum atomic E-state index is -0.0451. The summed E-state index contributed by atoms with van der Waals surface area (Å²) in [5.74, 6) is 0.621. The molecule has 2 aliphatic rings. The lowest BCUT2D eigenvalue weighted by Gasteiger charge is -2.38. The third kappa shape index (κ3) is 2.48. The summed E-state index contributed by atoms with van der Waals surface area (Å²) in [7, 11) is 0. The van der Waals surface area contributed by atoms with Gasteiger partial charge in [-0.25, -0.2) is 0 Å². The van der Waals surface area contributed by atoms with Crippen molar-refractivity contribution in [1.29, 1.82) is 0 Å². The van der Waals surface area contributed by atoms with Crippen molar-refractivity contribution in [1.82, 2.24) is 10.2 Å². The van der Waals surface area contributed by atoms with Gasteiger partial charge < -0.3 is 4.90 Å². The highest BCUT2D eigenvalue weighted by molar-refractivity contribution is 5.85. The Hall–Kier alpha value is -1.35. The van der Waals surface area contributed by atoms with Crippen molar-refractivity contribution in [2.45, 2.75) is 65.2 Å². The van der Waals surface area contributed by atoms with Crippen molar-refractivity contribution in [2.24, 2.45) is 5.92 Å². The molecule has 1 aliphatic carbocycles. The van der Waals surface area contributed by atoms with E-state index in [0.29, 0.717) is 17.9 Å². The normalized spacial score (nSPS) is 26.5. The largest absolute Gasteiger partial charge is 0.319 e. The van der Waals surface area contributed by atoms with Crippen LogP contribution >= 0.6 is 0 Å². The third-order valence-electron chi connectivity index (χ3n) is 4.99. The Morgan fingerprint density at radius 1 is 1.24 bits per heavy atom. The topological polar surface area (TPSA) is 32.3 Å².